The number of rotatable bonds is 6. The Morgan fingerprint density at radius 2 is 1.95 bits per heavy atom. The molecule has 0 fully saturated rings. The predicted octanol–water partition coefficient (Wildman–Crippen LogP) is 3.16. The van der Waals surface area contributed by atoms with Crippen molar-refractivity contribution >= 4 is 32.2 Å². The highest BCUT2D eigenvalue weighted by molar-refractivity contribution is 9.10. The van der Waals surface area contributed by atoms with Crippen LogP contribution in [0.4, 0.5) is 0 Å². The van der Waals surface area contributed by atoms with E-state index in [-0.39, 0.29) is 4.90 Å². The van der Waals surface area contributed by atoms with Gasteiger partial charge in [0.1, 0.15) is 5.75 Å². The van der Waals surface area contributed by atoms with Crippen LogP contribution in [0.3, 0.4) is 0 Å². The standard InChI is InChI=1S/C15H15BrN2O3S/c1-2-21-15-9-8-13(16)10-12(15)11-17-18-22(19,20)14-6-4-3-5-7-14/h3-11,18H,2H2,1H3/b17-11+. The van der Waals surface area contributed by atoms with Gasteiger partial charge in [-0.05, 0) is 37.3 Å². The third-order valence-electron chi connectivity index (χ3n) is 2.70. The minimum Gasteiger partial charge on any atom is -0.493 e. The van der Waals surface area contributed by atoms with Gasteiger partial charge in [-0.25, -0.2) is 4.83 Å². The third-order valence-corrected chi connectivity index (χ3v) is 4.43. The number of nitrogens with one attached hydrogen (secondary N) is 1. The van der Waals surface area contributed by atoms with Gasteiger partial charge in [-0.1, -0.05) is 34.1 Å². The van der Waals surface area contributed by atoms with Crippen LogP contribution in [-0.4, -0.2) is 21.2 Å². The minimum atomic E-state index is -3.67. The second-order valence-corrected chi connectivity index (χ2v) is 6.86. The zero-order valence-electron chi connectivity index (χ0n) is 11.9. The Bertz CT molecular complexity index is 762. The maximum atomic E-state index is 12.0. The van der Waals surface area contributed by atoms with Crippen molar-refractivity contribution in [2.24, 2.45) is 5.10 Å². The maximum Gasteiger partial charge on any atom is 0.276 e. The Balaban J connectivity index is 2.18. The van der Waals surface area contributed by atoms with Crippen LogP contribution in [-0.2, 0) is 10.0 Å². The highest BCUT2D eigenvalue weighted by atomic mass is 79.9. The van der Waals surface area contributed by atoms with Crippen LogP contribution < -0.4 is 9.57 Å². The van der Waals surface area contributed by atoms with Crippen molar-refractivity contribution in [3.05, 3.63) is 58.6 Å². The van der Waals surface area contributed by atoms with Crippen molar-refractivity contribution in [2.45, 2.75) is 11.8 Å². The molecule has 0 aliphatic carbocycles. The molecule has 0 unspecified atom stereocenters. The Morgan fingerprint density at radius 3 is 2.64 bits per heavy atom. The smallest absolute Gasteiger partial charge is 0.276 e. The van der Waals surface area contributed by atoms with Gasteiger partial charge >= 0.3 is 0 Å². The van der Waals surface area contributed by atoms with Crippen LogP contribution in [0.15, 0.2) is 63.0 Å². The topological polar surface area (TPSA) is 67.8 Å². The molecule has 2 aromatic carbocycles. The molecule has 0 saturated heterocycles. The van der Waals surface area contributed by atoms with Crippen LogP contribution in [0, 0.1) is 0 Å². The van der Waals surface area contributed by atoms with Gasteiger partial charge in [-0.15, -0.1) is 0 Å². The van der Waals surface area contributed by atoms with E-state index in [0.29, 0.717) is 17.9 Å². The van der Waals surface area contributed by atoms with Gasteiger partial charge in [0.15, 0.2) is 0 Å². The van der Waals surface area contributed by atoms with Crippen LogP contribution in [0.5, 0.6) is 5.75 Å². The van der Waals surface area contributed by atoms with Crippen LogP contribution in [0.2, 0.25) is 0 Å². The van der Waals surface area contributed by atoms with E-state index in [0.717, 1.165) is 4.47 Å². The van der Waals surface area contributed by atoms with Gasteiger partial charge in [-0.3, -0.25) is 0 Å². The summed E-state index contributed by atoms with van der Waals surface area (Å²) in [6.45, 7) is 2.39. The van der Waals surface area contributed by atoms with E-state index in [1.165, 1.54) is 18.3 Å². The van der Waals surface area contributed by atoms with Crippen molar-refractivity contribution in [3.8, 4) is 5.75 Å². The number of hydrogen-bond acceptors (Lipinski definition) is 4. The fourth-order valence-corrected chi connectivity index (χ4v) is 2.92. The molecule has 0 amide bonds. The first kappa shape index (κ1) is 16.5. The quantitative estimate of drug-likeness (QED) is 0.616. The fraction of sp³-hybridized carbons (Fsp3) is 0.133. The van der Waals surface area contributed by atoms with E-state index >= 15 is 0 Å². The predicted molar refractivity (Wildman–Crippen MR) is 89.7 cm³/mol. The molecule has 0 saturated carbocycles. The largest absolute Gasteiger partial charge is 0.493 e. The van der Waals surface area contributed by atoms with E-state index in [2.05, 4.69) is 25.9 Å². The molecule has 7 heteroatoms. The molecule has 0 bridgehead atoms. The average Bonchev–Trinajstić information content (AvgIpc) is 2.51. The van der Waals surface area contributed by atoms with E-state index < -0.39 is 10.0 Å². The lowest BCUT2D eigenvalue weighted by molar-refractivity contribution is 0.339. The Hall–Kier alpha value is -1.86. The summed E-state index contributed by atoms with van der Waals surface area (Å²) in [5, 5.41) is 3.81. The van der Waals surface area contributed by atoms with Crippen LogP contribution >= 0.6 is 15.9 Å². The highest BCUT2D eigenvalue weighted by Gasteiger charge is 2.11. The van der Waals surface area contributed by atoms with E-state index in [4.69, 9.17) is 4.74 Å². The zero-order valence-corrected chi connectivity index (χ0v) is 14.3. The summed E-state index contributed by atoms with van der Waals surface area (Å²) in [4.78, 5) is 2.34. The van der Waals surface area contributed by atoms with Crippen molar-refractivity contribution in [1.29, 1.82) is 0 Å². The molecule has 2 rings (SSSR count). The maximum absolute atomic E-state index is 12.0. The number of ether oxygens (including phenoxy) is 1. The first-order valence-electron chi connectivity index (χ1n) is 6.55. The lowest BCUT2D eigenvalue weighted by Gasteiger charge is -2.07. The fourth-order valence-electron chi connectivity index (χ4n) is 1.72. The summed E-state index contributed by atoms with van der Waals surface area (Å²) < 4.78 is 30.4. The lowest BCUT2D eigenvalue weighted by Crippen LogP contribution is -2.18. The molecule has 22 heavy (non-hydrogen) atoms. The normalized spacial score (nSPS) is 11.5. The Kier molecular flexibility index (Phi) is 5.57. The number of benzene rings is 2. The second kappa shape index (κ2) is 7.42. The van der Waals surface area contributed by atoms with Gasteiger partial charge in [0, 0.05) is 10.0 Å². The van der Waals surface area contributed by atoms with Crippen molar-refractivity contribution in [1.82, 2.24) is 4.83 Å². The van der Waals surface area contributed by atoms with Crippen LogP contribution in [0.1, 0.15) is 12.5 Å². The van der Waals surface area contributed by atoms with Gasteiger partial charge in [-0.2, -0.15) is 13.5 Å². The number of halogens is 1. The van der Waals surface area contributed by atoms with Gasteiger partial charge in [0.25, 0.3) is 10.0 Å². The average molecular weight is 383 g/mol. The van der Waals surface area contributed by atoms with Crippen molar-refractivity contribution in [2.75, 3.05) is 6.61 Å². The number of nitrogens with zero attached hydrogens (tertiary/aromatic N) is 1. The van der Waals surface area contributed by atoms with Crippen molar-refractivity contribution < 1.29 is 13.2 Å². The summed E-state index contributed by atoms with van der Waals surface area (Å²) in [5.74, 6) is 0.633. The summed E-state index contributed by atoms with van der Waals surface area (Å²) in [6.07, 6.45) is 1.41. The zero-order chi connectivity index (χ0) is 16.0. The molecule has 5 nitrogen and oxygen atoms in total. The SMILES string of the molecule is CCOc1ccc(Br)cc1/C=N/NS(=O)(=O)c1ccccc1. The number of hydrazone groups is 1. The van der Waals surface area contributed by atoms with Gasteiger partial charge in [0.2, 0.25) is 0 Å². The second-order valence-electron chi connectivity index (χ2n) is 4.28. The molecule has 0 aromatic heterocycles. The molecular formula is C15H15BrN2O3S. The van der Waals surface area contributed by atoms with E-state index in [1.807, 2.05) is 13.0 Å². The molecule has 0 heterocycles. The third kappa shape index (κ3) is 4.32. The Morgan fingerprint density at radius 1 is 1.23 bits per heavy atom. The van der Waals surface area contributed by atoms with E-state index in [9.17, 15) is 8.42 Å². The van der Waals surface area contributed by atoms with Gasteiger partial charge in [0.05, 0.1) is 17.7 Å². The molecule has 0 aliphatic heterocycles. The molecule has 0 radical (unpaired) electrons. The molecule has 0 spiro atoms. The molecule has 0 aliphatic rings. The number of hydrogen-bond donors (Lipinski definition) is 1. The summed E-state index contributed by atoms with van der Waals surface area (Å²) in [6, 6.07) is 13.5. The monoisotopic (exact) mass is 382 g/mol. The first-order valence-corrected chi connectivity index (χ1v) is 8.83. The lowest BCUT2D eigenvalue weighted by atomic mass is 10.2. The molecule has 116 valence electrons. The summed E-state index contributed by atoms with van der Waals surface area (Å²) in [7, 11) is -3.67. The molecule has 0 atom stereocenters. The van der Waals surface area contributed by atoms with Gasteiger partial charge < -0.3 is 4.74 Å². The molecule has 1 N–H and O–H groups in total. The highest BCUT2D eigenvalue weighted by Crippen LogP contribution is 2.21. The minimum absolute atomic E-state index is 0.159. The Labute approximate surface area is 138 Å². The van der Waals surface area contributed by atoms with E-state index in [1.54, 1.807) is 30.3 Å². The first-order chi connectivity index (χ1) is 10.5. The molecule has 2 aromatic rings. The summed E-state index contributed by atoms with van der Waals surface area (Å²) >= 11 is 3.36. The molecular weight excluding hydrogens is 368 g/mol. The van der Waals surface area contributed by atoms with Crippen LogP contribution in [0.25, 0.3) is 0 Å². The summed E-state index contributed by atoms with van der Waals surface area (Å²) in [5.41, 5.74) is 0.673. The van der Waals surface area contributed by atoms with Crippen molar-refractivity contribution in [3.63, 3.8) is 0 Å². The number of sulfonamides is 1.